The molecule has 0 amide bonds. The quantitative estimate of drug-likeness (QED) is 0.288. The van der Waals surface area contributed by atoms with Crippen molar-refractivity contribution in [1.82, 2.24) is 4.98 Å². The number of aryl methyl sites for hydroxylation is 1. The summed E-state index contributed by atoms with van der Waals surface area (Å²) in [4.78, 5) is 35.4. The Balaban J connectivity index is 0.000000155. The topological polar surface area (TPSA) is 146 Å². The van der Waals surface area contributed by atoms with Gasteiger partial charge in [-0.25, -0.2) is 0 Å². The lowest BCUT2D eigenvalue weighted by Gasteiger charge is -2.18. The Hall–Kier alpha value is -3.65. The summed E-state index contributed by atoms with van der Waals surface area (Å²) < 4.78 is 0. The van der Waals surface area contributed by atoms with Crippen molar-refractivity contribution < 1.29 is 24.6 Å². The van der Waals surface area contributed by atoms with Gasteiger partial charge < -0.3 is 20.6 Å². The number of carbonyl (C=O) groups is 3. The number of anilines is 1. The van der Waals surface area contributed by atoms with Gasteiger partial charge in [-0.15, -0.1) is 0 Å². The molecule has 0 bridgehead atoms. The molecule has 2 unspecified atom stereocenters. The van der Waals surface area contributed by atoms with Crippen molar-refractivity contribution in [2.45, 2.75) is 44.9 Å². The molecule has 2 aliphatic rings. The third kappa shape index (κ3) is 6.68. The van der Waals surface area contributed by atoms with Gasteiger partial charge in [-0.3, -0.25) is 20.2 Å². The molecule has 1 heterocycles. The van der Waals surface area contributed by atoms with Crippen LogP contribution >= 0.6 is 0 Å². The lowest BCUT2D eigenvalue weighted by Crippen LogP contribution is -2.22. The van der Waals surface area contributed by atoms with Gasteiger partial charge in [0, 0.05) is 41.5 Å². The summed E-state index contributed by atoms with van der Waals surface area (Å²) in [7, 11) is 0. The summed E-state index contributed by atoms with van der Waals surface area (Å²) in [6, 6.07) is 17.8. The molecule has 0 aliphatic heterocycles. The number of fused-ring (bicyclic) bond motifs is 3. The smallest absolute Gasteiger partial charge is 0.306 e. The zero-order valence-corrected chi connectivity index (χ0v) is 19.0. The molecule has 180 valence electrons. The van der Waals surface area contributed by atoms with E-state index in [1.807, 2.05) is 48.5 Å². The van der Waals surface area contributed by atoms with Gasteiger partial charge in [0.1, 0.15) is 5.78 Å². The third-order valence-electron chi connectivity index (χ3n) is 6.22. The Bertz CT molecular complexity index is 1120. The highest BCUT2D eigenvalue weighted by Crippen LogP contribution is 2.31. The third-order valence-corrected chi connectivity index (χ3v) is 6.22. The summed E-state index contributed by atoms with van der Waals surface area (Å²) in [5, 5.41) is 18.8. The minimum atomic E-state index is -0.826. The zero-order chi connectivity index (χ0) is 24.5. The monoisotopic (exact) mass is 465 g/mol. The molecule has 5 rings (SSSR count). The van der Waals surface area contributed by atoms with E-state index in [9.17, 15) is 14.4 Å². The van der Waals surface area contributed by atoms with Crippen LogP contribution < -0.4 is 11.3 Å². The highest BCUT2D eigenvalue weighted by atomic mass is 16.4. The molecule has 6 N–H and O–H groups in total. The first-order valence-corrected chi connectivity index (χ1v) is 11.5. The lowest BCUT2D eigenvalue weighted by atomic mass is 9.87. The molecule has 0 spiro atoms. The van der Waals surface area contributed by atoms with Crippen molar-refractivity contribution in [3.05, 3.63) is 65.9 Å². The molecule has 8 nitrogen and oxygen atoms in total. The van der Waals surface area contributed by atoms with Gasteiger partial charge in [0.2, 0.25) is 0 Å². The van der Waals surface area contributed by atoms with Crippen LogP contribution in [-0.4, -0.2) is 32.9 Å². The molecule has 2 atom stereocenters. The Labute approximate surface area is 198 Å². The van der Waals surface area contributed by atoms with E-state index in [4.69, 9.17) is 16.1 Å². The maximum Gasteiger partial charge on any atom is 0.306 e. The second-order valence-corrected chi connectivity index (χ2v) is 8.59. The highest BCUT2D eigenvalue weighted by molar-refractivity contribution is 5.86. The number of aromatic amines is 1. The van der Waals surface area contributed by atoms with E-state index in [0.717, 1.165) is 36.2 Å². The molecule has 1 saturated carbocycles. The number of hydrogen-bond acceptors (Lipinski definition) is 5. The van der Waals surface area contributed by atoms with E-state index in [-0.39, 0.29) is 18.1 Å². The summed E-state index contributed by atoms with van der Waals surface area (Å²) in [6.07, 6.45) is 4.50. The molecule has 1 aromatic heterocycles. The summed E-state index contributed by atoms with van der Waals surface area (Å²) in [5.41, 5.74) is 7.01. The van der Waals surface area contributed by atoms with Crippen molar-refractivity contribution in [2.24, 2.45) is 17.7 Å². The number of hydrazine groups is 1. The fourth-order valence-electron chi connectivity index (χ4n) is 4.36. The van der Waals surface area contributed by atoms with E-state index in [1.54, 1.807) is 0 Å². The first-order valence-electron chi connectivity index (χ1n) is 11.5. The molecule has 2 aromatic carbocycles. The number of aliphatic carboxylic acids is 2. The molecule has 0 saturated heterocycles. The number of nitrogens with one attached hydrogen (secondary N) is 2. The summed E-state index contributed by atoms with van der Waals surface area (Å²) in [5.74, 6) is 3.07. The number of para-hydroxylation sites is 2. The van der Waals surface area contributed by atoms with Crippen LogP contribution in [0.1, 0.15) is 43.4 Å². The number of aromatic nitrogens is 1. The van der Waals surface area contributed by atoms with E-state index >= 15 is 0 Å². The Morgan fingerprint density at radius 3 is 2.12 bits per heavy atom. The van der Waals surface area contributed by atoms with Gasteiger partial charge in [-0.1, -0.05) is 36.4 Å². The normalized spacial score (nSPS) is 19.0. The predicted octanol–water partition coefficient (Wildman–Crippen LogP) is 4.16. The molecule has 8 heteroatoms. The van der Waals surface area contributed by atoms with Crippen LogP contribution in [0.15, 0.2) is 54.6 Å². The standard InChI is InChI=1S/C13H13NO2.C7H10O3.C6H8N2/c15-13(16)8-5-6-10-9-3-1-2-4-11(9)14-12(10)7-8;8-6-3-1-2-5(4-6)7(9)10;7-8-6-4-2-1-3-5-6/h1-4,8,14H,5-7H2,(H,15,16);5H,1-4H2,(H,9,10);1-5,8H,7H2. The SMILES string of the molecule is NNc1ccccc1.O=C(O)C1CCc2c([nH]c3ccccc23)C1.O=C1CCCC(C(=O)O)C1. The number of carbonyl (C=O) groups excluding carboxylic acids is 1. The molecular formula is C26H31N3O5. The van der Waals surface area contributed by atoms with Crippen molar-refractivity contribution in [3.63, 3.8) is 0 Å². The van der Waals surface area contributed by atoms with E-state index in [1.165, 1.54) is 10.9 Å². The number of H-pyrrole nitrogens is 1. The van der Waals surface area contributed by atoms with E-state index < -0.39 is 17.9 Å². The number of hydrogen-bond donors (Lipinski definition) is 5. The number of nitrogen functional groups attached to an aromatic ring is 1. The maximum atomic E-state index is 11.0. The average molecular weight is 466 g/mol. The fourth-order valence-corrected chi connectivity index (χ4v) is 4.36. The maximum absolute atomic E-state index is 11.0. The van der Waals surface area contributed by atoms with Crippen LogP contribution in [0.2, 0.25) is 0 Å². The first kappa shape index (κ1) is 25.0. The number of rotatable bonds is 3. The van der Waals surface area contributed by atoms with Crippen LogP contribution in [-0.2, 0) is 27.2 Å². The van der Waals surface area contributed by atoms with Crippen molar-refractivity contribution >= 4 is 34.3 Å². The van der Waals surface area contributed by atoms with Crippen LogP contribution in [0.25, 0.3) is 10.9 Å². The number of Topliss-reactive ketones (excluding diaryl/α,β-unsaturated/α-hetero) is 1. The number of benzene rings is 2. The molecule has 2 aliphatic carbocycles. The second-order valence-electron chi connectivity index (χ2n) is 8.59. The fraction of sp³-hybridized carbons (Fsp3) is 0.346. The Kier molecular flexibility index (Phi) is 8.81. The summed E-state index contributed by atoms with van der Waals surface area (Å²) >= 11 is 0. The van der Waals surface area contributed by atoms with Gasteiger partial charge in [0.05, 0.1) is 11.8 Å². The van der Waals surface area contributed by atoms with Gasteiger partial charge in [0.25, 0.3) is 0 Å². The predicted molar refractivity (Wildman–Crippen MR) is 130 cm³/mol. The second kappa shape index (κ2) is 12.0. The zero-order valence-electron chi connectivity index (χ0n) is 19.0. The van der Waals surface area contributed by atoms with Crippen LogP contribution in [0.3, 0.4) is 0 Å². The largest absolute Gasteiger partial charge is 0.481 e. The van der Waals surface area contributed by atoms with Gasteiger partial charge in [-0.2, -0.15) is 0 Å². The van der Waals surface area contributed by atoms with Crippen LogP contribution in [0.4, 0.5) is 5.69 Å². The van der Waals surface area contributed by atoms with Crippen molar-refractivity contribution in [2.75, 3.05) is 5.43 Å². The molecule has 1 fully saturated rings. The van der Waals surface area contributed by atoms with Crippen LogP contribution in [0, 0.1) is 11.8 Å². The molecular weight excluding hydrogens is 434 g/mol. The number of nitrogens with two attached hydrogens (primary N) is 1. The highest BCUT2D eigenvalue weighted by Gasteiger charge is 2.26. The van der Waals surface area contributed by atoms with E-state index in [2.05, 4.69) is 16.5 Å². The minimum absolute atomic E-state index is 0.0960. The summed E-state index contributed by atoms with van der Waals surface area (Å²) in [6.45, 7) is 0. The number of carboxylic acid groups (broad SMARTS) is 2. The lowest BCUT2D eigenvalue weighted by molar-refractivity contribution is -0.145. The number of carboxylic acids is 2. The van der Waals surface area contributed by atoms with Gasteiger partial charge in [-0.05, 0) is 49.4 Å². The first-order chi connectivity index (χ1) is 16.4. The molecule has 3 aromatic rings. The van der Waals surface area contributed by atoms with Crippen LogP contribution in [0.5, 0.6) is 0 Å². The van der Waals surface area contributed by atoms with Gasteiger partial charge >= 0.3 is 11.9 Å². The van der Waals surface area contributed by atoms with Crippen molar-refractivity contribution in [3.8, 4) is 0 Å². The Morgan fingerprint density at radius 2 is 1.53 bits per heavy atom. The van der Waals surface area contributed by atoms with Crippen molar-refractivity contribution in [1.29, 1.82) is 0 Å². The molecule has 0 radical (unpaired) electrons. The van der Waals surface area contributed by atoms with E-state index in [0.29, 0.717) is 19.3 Å². The number of ketones is 1. The molecule has 34 heavy (non-hydrogen) atoms. The average Bonchev–Trinajstić information content (AvgIpc) is 3.23. The minimum Gasteiger partial charge on any atom is -0.481 e. The Morgan fingerprint density at radius 1 is 0.882 bits per heavy atom. The van der Waals surface area contributed by atoms with Gasteiger partial charge in [0.15, 0.2) is 0 Å².